The van der Waals surface area contributed by atoms with Gasteiger partial charge in [0.25, 0.3) is 0 Å². The molecule has 1 unspecified atom stereocenters. The van der Waals surface area contributed by atoms with Crippen LogP contribution in [0, 0.1) is 0 Å². The Bertz CT molecular complexity index is 230. The molecule has 0 fully saturated rings. The summed E-state index contributed by atoms with van der Waals surface area (Å²) in [4.78, 5) is 3.98. The van der Waals surface area contributed by atoms with Crippen LogP contribution < -0.4 is 0 Å². The summed E-state index contributed by atoms with van der Waals surface area (Å²) in [7, 11) is 0. The summed E-state index contributed by atoms with van der Waals surface area (Å²) >= 11 is 1.59. The molecule has 1 aromatic rings. The molecule has 0 aromatic carbocycles. The number of aliphatic hydroxyl groups excluding tert-OH is 2. The van der Waals surface area contributed by atoms with Crippen LogP contribution in [0.15, 0.2) is 24.5 Å². The van der Waals surface area contributed by atoms with Crippen molar-refractivity contribution in [1.29, 1.82) is 0 Å². The first-order valence-electron chi connectivity index (χ1n) is 4.08. The Balaban J connectivity index is 2.20. The number of hydrogen-bond acceptors (Lipinski definition) is 4. The Hall–Kier alpha value is -0.580. The lowest BCUT2D eigenvalue weighted by molar-refractivity contribution is 0.113. The zero-order valence-corrected chi connectivity index (χ0v) is 8.07. The number of aromatic nitrogens is 1. The average molecular weight is 199 g/mol. The molecule has 2 N–H and O–H groups in total. The Morgan fingerprint density at radius 3 is 3.00 bits per heavy atom. The normalized spacial score (nSPS) is 12.8. The topological polar surface area (TPSA) is 53.4 Å². The molecule has 3 nitrogen and oxygen atoms in total. The Labute approximate surface area is 81.8 Å². The van der Waals surface area contributed by atoms with E-state index in [-0.39, 0.29) is 6.61 Å². The van der Waals surface area contributed by atoms with Crippen molar-refractivity contribution in [1.82, 2.24) is 4.98 Å². The molecule has 1 rings (SSSR count). The maximum Gasteiger partial charge on any atom is 0.0861 e. The molecule has 0 aliphatic rings. The van der Waals surface area contributed by atoms with E-state index in [1.165, 1.54) is 0 Å². The van der Waals surface area contributed by atoms with E-state index in [4.69, 9.17) is 10.2 Å². The van der Waals surface area contributed by atoms with Crippen LogP contribution in [0.5, 0.6) is 0 Å². The molecule has 0 saturated carbocycles. The lowest BCUT2D eigenvalue weighted by atomic mass is 10.3. The summed E-state index contributed by atoms with van der Waals surface area (Å²) in [5, 5.41) is 17.6. The van der Waals surface area contributed by atoms with Crippen LogP contribution in [0.3, 0.4) is 0 Å². The predicted molar refractivity (Wildman–Crippen MR) is 53.5 cm³/mol. The lowest BCUT2D eigenvalue weighted by Gasteiger charge is -2.05. The van der Waals surface area contributed by atoms with Gasteiger partial charge in [0, 0.05) is 23.9 Å². The molecule has 0 amide bonds. The summed E-state index contributed by atoms with van der Waals surface area (Å²) in [5.41, 5.74) is 1.14. The van der Waals surface area contributed by atoms with Gasteiger partial charge in [-0.15, -0.1) is 0 Å². The van der Waals surface area contributed by atoms with Crippen molar-refractivity contribution in [3.05, 3.63) is 30.1 Å². The van der Waals surface area contributed by atoms with Crippen LogP contribution in [0.1, 0.15) is 5.56 Å². The molecule has 13 heavy (non-hydrogen) atoms. The van der Waals surface area contributed by atoms with Crippen molar-refractivity contribution in [3.8, 4) is 0 Å². The van der Waals surface area contributed by atoms with E-state index >= 15 is 0 Å². The maximum atomic E-state index is 9.05. The van der Waals surface area contributed by atoms with Crippen molar-refractivity contribution in [2.75, 3.05) is 12.4 Å². The summed E-state index contributed by atoms with van der Waals surface area (Å²) in [6.45, 7) is -0.167. The van der Waals surface area contributed by atoms with Crippen molar-refractivity contribution < 1.29 is 10.2 Å². The second kappa shape index (κ2) is 5.96. The lowest BCUT2D eigenvalue weighted by Crippen LogP contribution is -2.14. The molecule has 0 saturated heterocycles. The van der Waals surface area contributed by atoms with Gasteiger partial charge >= 0.3 is 0 Å². The largest absolute Gasteiger partial charge is 0.394 e. The van der Waals surface area contributed by atoms with Gasteiger partial charge in [-0.2, -0.15) is 11.8 Å². The Morgan fingerprint density at radius 1 is 1.54 bits per heavy atom. The van der Waals surface area contributed by atoms with Gasteiger partial charge in [0.1, 0.15) is 0 Å². The van der Waals surface area contributed by atoms with E-state index in [9.17, 15) is 0 Å². The smallest absolute Gasteiger partial charge is 0.0861 e. The Kier molecular flexibility index (Phi) is 4.82. The molecule has 0 bridgehead atoms. The van der Waals surface area contributed by atoms with Crippen molar-refractivity contribution in [2.45, 2.75) is 11.9 Å². The van der Waals surface area contributed by atoms with Crippen LogP contribution in [-0.2, 0) is 5.75 Å². The molecule has 0 aliphatic heterocycles. The second-order valence-electron chi connectivity index (χ2n) is 2.71. The van der Waals surface area contributed by atoms with Crippen LogP contribution >= 0.6 is 11.8 Å². The van der Waals surface area contributed by atoms with Gasteiger partial charge in [0.2, 0.25) is 0 Å². The van der Waals surface area contributed by atoms with Crippen LogP contribution in [0.4, 0.5) is 0 Å². The third kappa shape index (κ3) is 4.26. The number of thioether (sulfide) groups is 1. The van der Waals surface area contributed by atoms with Gasteiger partial charge in [0.15, 0.2) is 0 Å². The highest BCUT2D eigenvalue weighted by Crippen LogP contribution is 2.11. The first kappa shape index (κ1) is 10.5. The SMILES string of the molecule is OCC(O)CSCc1cccnc1. The number of pyridine rings is 1. The first-order valence-corrected chi connectivity index (χ1v) is 5.24. The molecular formula is C9H13NO2S. The van der Waals surface area contributed by atoms with Gasteiger partial charge in [-0.25, -0.2) is 0 Å². The molecule has 1 atom stereocenters. The van der Waals surface area contributed by atoms with E-state index in [0.717, 1.165) is 11.3 Å². The fourth-order valence-electron chi connectivity index (χ4n) is 0.849. The van der Waals surface area contributed by atoms with Gasteiger partial charge in [0.05, 0.1) is 12.7 Å². The highest BCUT2D eigenvalue weighted by molar-refractivity contribution is 7.98. The minimum absolute atomic E-state index is 0.167. The first-order chi connectivity index (χ1) is 6.33. The minimum atomic E-state index is -0.610. The number of aliphatic hydroxyl groups is 2. The molecule has 1 heterocycles. The Morgan fingerprint density at radius 2 is 2.38 bits per heavy atom. The fraction of sp³-hybridized carbons (Fsp3) is 0.444. The monoisotopic (exact) mass is 199 g/mol. The van der Waals surface area contributed by atoms with Crippen LogP contribution in [0.2, 0.25) is 0 Å². The summed E-state index contributed by atoms with van der Waals surface area (Å²) in [6, 6.07) is 3.88. The van der Waals surface area contributed by atoms with E-state index in [1.54, 1.807) is 24.2 Å². The highest BCUT2D eigenvalue weighted by atomic mass is 32.2. The zero-order valence-electron chi connectivity index (χ0n) is 7.26. The van der Waals surface area contributed by atoms with Gasteiger partial charge in [-0.3, -0.25) is 4.98 Å². The number of rotatable bonds is 5. The summed E-state index contributed by atoms with van der Waals surface area (Å²) < 4.78 is 0. The fourth-order valence-corrected chi connectivity index (χ4v) is 1.75. The van der Waals surface area contributed by atoms with Gasteiger partial charge in [-0.05, 0) is 11.6 Å². The van der Waals surface area contributed by atoms with Gasteiger partial charge in [-0.1, -0.05) is 6.07 Å². The van der Waals surface area contributed by atoms with E-state index in [0.29, 0.717) is 5.75 Å². The third-order valence-electron chi connectivity index (χ3n) is 1.51. The minimum Gasteiger partial charge on any atom is -0.394 e. The molecule has 72 valence electrons. The molecular weight excluding hydrogens is 186 g/mol. The van der Waals surface area contributed by atoms with Crippen LogP contribution in [-0.4, -0.2) is 33.7 Å². The third-order valence-corrected chi connectivity index (χ3v) is 2.67. The summed E-state index contributed by atoms with van der Waals surface area (Å²) in [5.74, 6) is 1.39. The van der Waals surface area contributed by atoms with Gasteiger partial charge < -0.3 is 10.2 Å². The standard InChI is InChI=1S/C9H13NO2S/c11-5-9(12)7-13-6-8-2-1-3-10-4-8/h1-4,9,11-12H,5-7H2. The second-order valence-corrected chi connectivity index (χ2v) is 3.74. The quantitative estimate of drug-likeness (QED) is 0.731. The molecule has 0 spiro atoms. The van der Waals surface area contributed by atoms with Crippen molar-refractivity contribution in [3.63, 3.8) is 0 Å². The van der Waals surface area contributed by atoms with E-state index < -0.39 is 6.10 Å². The molecule has 4 heteroatoms. The molecule has 1 aromatic heterocycles. The van der Waals surface area contributed by atoms with Crippen molar-refractivity contribution in [2.24, 2.45) is 0 Å². The highest BCUT2D eigenvalue weighted by Gasteiger charge is 2.01. The van der Waals surface area contributed by atoms with E-state index in [2.05, 4.69) is 4.98 Å². The predicted octanol–water partition coefficient (Wildman–Crippen LogP) is 0.668. The van der Waals surface area contributed by atoms with E-state index in [1.807, 2.05) is 12.1 Å². The maximum absolute atomic E-state index is 9.05. The number of hydrogen-bond donors (Lipinski definition) is 2. The average Bonchev–Trinajstić information content (AvgIpc) is 2.19. The molecule has 0 aliphatic carbocycles. The van der Waals surface area contributed by atoms with Crippen LogP contribution in [0.25, 0.3) is 0 Å². The molecule has 0 radical (unpaired) electrons. The van der Waals surface area contributed by atoms with Crippen molar-refractivity contribution >= 4 is 11.8 Å². The summed E-state index contributed by atoms with van der Waals surface area (Å²) in [6.07, 6.45) is 2.93. The zero-order chi connectivity index (χ0) is 9.52. The number of nitrogens with zero attached hydrogens (tertiary/aromatic N) is 1.